The van der Waals surface area contributed by atoms with Crippen molar-refractivity contribution >= 4 is 50.7 Å². The van der Waals surface area contributed by atoms with E-state index in [9.17, 15) is 18.0 Å². The Morgan fingerprint density at radius 2 is 1.69 bits per heavy atom. The third kappa shape index (κ3) is 7.85. The first-order valence-electron chi connectivity index (χ1n) is 11.5. The highest BCUT2D eigenvalue weighted by Crippen LogP contribution is 2.26. The van der Waals surface area contributed by atoms with Crippen LogP contribution in [0.5, 0.6) is 0 Å². The highest BCUT2D eigenvalue weighted by molar-refractivity contribution is 7.92. The SMILES string of the molecule is CCc1ccccc1N(CC(=O)N(Cc1ccc(Cl)c(Cl)c1)[C@@H](C)C(=O)N[C@H](C)CC)S(C)(=O)=O. The summed E-state index contributed by atoms with van der Waals surface area (Å²) in [6.45, 7) is 6.97. The Balaban J connectivity index is 2.45. The van der Waals surface area contributed by atoms with E-state index in [1.54, 1.807) is 37.3 Å². The molecule has 0 aliphatic rings. The molecular weight excluding hydrogens is 509 g/mol. The number of rotatable bonds is 11. The molecule has 0 bridgehead atoms. The third-order valence-electron chi connectivity index (χ3n) is 5.83. The molecule has 2 amide bonds. The average molecular weight is 543 g/mol. The van der Waals surface area contributed by atoms with Crippen molar-refractivity contribution in [3.63, 3.8) is 0 Å². The minimum Gasteiger partial charge on any atom is -0.352 e. The number of nitrogens with one attached hydrogen (secondary N) is 1. The van der Waals surface area contributed by atoms with Crippen LogP contribution in [0.1, 0.15) is 45.2 Å². The first-order chi connectivity index (χ1) is 16.4. The van der Waals surface area contributed by atoms with E-state index in [-0.39, 0.29) is 18.5 Å². The summed E-state index contributed by atoms with van der Waals surface area (Å²) in [6, 6.07) is 11.1. The van der Waals surface area contributed by atoms with Gasteiger partial charge in [-0.2, -0.15) is 0 Å². The van der Waals surface area contributed by atoms with Crippen LogP contribution < -0.4 is 9.62 Å². The van der Waals surface area contributed by atoms with Crippen molar-refractivity contribution in [2.45, 2.75) is 59.2 Å². The van der Waals surface area contributed by atoms with Crippen LogP contribution in [-0.4, -0.2) is 50.0 Å². The summed E-state index contributed by atoms with van der Waals surface area (Å²) in [7, 11) is -3.79. The number of anilines is 1. The summed E-state index contributed by atoms with van der Waals surface area (Å²) in [4.78, 5) is 27.9. The highest BCUT2D eigenvalue weighted by atomic mass is 35.5. The smallest absolute Gasteiger partial charge is 0.244 e. The van der Waals surface area contributed by atoms with Crippen molar-refractivity contribution in [3.8, 4) is 0 Å². The van der Waals surface area contributed by atoms with E-state index in [1.165, 1.54) is 4.90 Å². The van der Waals surface area contributed by atoms with Crippen LogP contribution in [0.25, 0.3) is 0 Å². The standard InChI is InChI=1S/C25H33Cl2N3O4S/c1-6-17(3)28-25(32)18(4)29(15-19-12-13-21(26)22(27)14-19)24(31)16-30(35(5,33)34)23-11-9-8-10-20(23)7-2/h8-14,17-18H,6-7,15-16H2,1-5H3,(H,28,32)/t17-,18+/m1/s1. The van der Waals surface area contributed by atoms with Crippen LogP contribution in [0.4, 0.5) is 5.69 Å². The number of para-hydroxylation sites is 1. The third-order valence-corrected chi connectivity index (χ3v) is 7.69. The molecule has 35 heavy (non-hydrogen) atoms. The molecule has 2 atom stereocenters. The van der Waals surface area contributed by atoms with Crippen molar-refractivity contribution in [2.24, 2.45) is 0 Å². The van der Waals surface area contributed by atoms with Crippen molar-refractivity contribution in [3.05, 3.63) is 63.6 Å². The Hall–Kier alpha value is -2.29. The summed E-state index contributed by atoms with van der Waals surface area (Å²) in [5.74, 6) is -0.841. The predicted octanol–water partition coefficient (Wildman–Crippen LogP) is 4.65. The molecule has 0 fully saturated rings. The lowest BCUT2D eigenvalue weighted by atomic mass is 10.1. The number of hydrogen-bond donors (Lipinski definition) is 1. The van der Waals surface area contributed by atoms with Gasteiger partial charge in [0.15, 0.2) is 0 Å². The lowest BCUT2D eigenvalue weighted by Gasteiger charge is -2.32. The van der Waals surface area contributed by atoms with Gasteiger partial charge in [-0.25, -0.2) is 8.42 Å². The molecular formula is C25H33Cl2N3O4S. The molecule has 0 aromatic heterocycles. The Kier molecular flexibility index (Phi) is 10.4. The largest absolute Gasteiger partial charge is 0.352 e. The van der Waals surface area contributed by atoms with E-state index in [0.717, 1.165) is 22.5 Å². The fraction of sp³-hybridized carbons (Fsp3) is 0.440. The summed E-state index contributed by atoms with van der Waals surface area (Å²) < 4.78 is 26.6. The van der Waals surface area contributed by atoms with Crippen molar-refractivity contribution in [1.29, 1.82) is 0 Å². The molecule has 0 spiro atoms. The van der Waals surface area contributed by atoms with Gasteiger partial charge in [0, 0.05) is 12.6 Å². The van der Waals surface area contributed by atoms with Gasteiger partial charge in [0.1, 0.15) is 12.6 Å². The summed E-state index contributed by atoms with van der Waals surface area (Å²) in [6.07, 6.45) is 2.39. The second-order valence-corrected chi connectivity index (χ2v) is 11.2. The van der Waals surface area contributed by atoms with E-state index in [2.05, 4.69) is 5.32 Å². The van der Waals surface area contributed by atoms with Gasteiger partial charge in [-0.1, -0.05) is 61.3 Å². The zero-order valence-electron chi connectivity index (χ0n) is 20.7. The molecule has 7 nitrogen and oxygen atoms in total. The molecule has 0 aliphatic heterocycles. The quantitative estimate of drug-likeness (QED) is 0.448. The van der Waals surface area contributed by atoms with Crippen LogP contribution in [0.3, 0.4) is 0 Å². The number of amides is 2. The maximum Gasteiger partial charge on any atom is 0.244 e. The molecule has 2 aromatic rings. The minimum absolute atomic E-state index is 0.0534. The molecule has 0 saturated heterocycles. The zero-order chi connectivity index (χ0) is 26.3. The Bertz CT molecular complexity index is 1160. The van der Waals surface area contributed by atoms with E-state index >= 15 is 0 Å². The lowest BCUT2D eigenvalue weighted by molar-refractivity contribution is -0.139. The molecule has 0 unspecified atom stereocenters. The average Bonchev–Trinajstić information content (AvgIpc) is 2.81. The van der Waals surface area contributed by atoms with Gasteiger partial charge in [-0.05, 0) is 56.0 Å². The van der Waals surface area contributed by atoms with Gasteiger partial charge >= 0.3 is 0 Å². The number of carbonyl (C=O) groups is 2. The molecule has 10 heteroatoms. The first-order valence-corrected chi connectivity index (χ1v) is 14.1. The molecule has 0 aliphatic carbocycles. The fourth-order valence-corrected chi connectivity index (χ4v) is 4.73. The minimum atomic E-state index is -3.79. The number of sulfonamides is 1. The fourth-order valence-electron chi connectivity index (χ4n) is 3.53. The molecule has 2 rings (SSSR count). The normalized spacial score (nSPS) is 13.1. The van der Waals surface area contributed by atoms with Crippen LogP contribution in [-0.2, 0) is 32.6 Å². The van der Waals surface area contributed by atoms with Crippen molar-refractivity contribution in [2.75, 3.05) is 17.1 Å². The Labute approximate surface area is 218 Å². The van der Waals surface area contributed by atoms with Gasteiger partial charge in [0.25, 0.3) is 0 Å². The van der Waals surface area contributed by atoms with Gasteiger partial charge in [-0.3, -0.25) is 13.9 Å². The van der Waals surface area contributed by atoms with Crippen LogP contribution >= 0.6 is 23.2 Å². The molecule has 2 aromatic carbocycles. The number of benzene rings is 2. The topological polar surface area (TPSA) is 86.8 Å². The summed E-state index contributed by atoms with van der Waals surface area (Å²) in [5.41, 5.74) is 1.90. The molecule has 192 valence electrons. The summed E-state index contributed by atoms with van der Waals surface area (Å²) in [5, 5.41) is 3.59. The highest BCUT2D eigenvalue weighted by Gasteiger charge is 2.31. The van der Waals surface area contributed by atoms with E-state index in [1.807, 2.05) is 32.9 Å². The monoisotopic (exact) mass is 541 g/mol. The maximum absolute atomic E-state index is 13.6. The van der Waals surface area contributed by atoms with Gasteiger partial charge in [0.05, 0.1) is 22.0 Å². The van der Waals surface area contributed by atoms with E-state index < -0.39 is 28.5 Å². The maximum atomic E-state index is 13.6. The first kappa shape index (κ1) is 28.9. The van der Waals surface area contributed by atoms with Crippen molar-refractivity contribution < 1.29 is 18.0 Å². The number of carbonyl (C=O) groups excluding carboxylic acids is 2. The summed E-state index contributed by atoms with van der Waals surface area (Å²) >= 11 is 12.2. The molecule has 0 saturated carbocycles. The molecule has 0 radical (unpaired) electrons. The molecule has 0 heterocycles. The van der Waals surface area contributed by atoms with Crippen LogP contribution in [0.15, 0.2) is 42.5 Å². The number of halogens is 2. The zero-order valence-corrected chi connectivity index (χ0v) is 23.0. The Morgan fingerprint density at radius 3 is 2.26 bits per heavy atom. The second-order valence-electron chi connectivity index (χ2n) is 8.52. The number of hydrogen-bond acceptors (Lipinski definition) is 4. The second kappa shape index (κ2) is 12.6. The van der Waals surface area contributed by atoms with Gasteiger partial charge < -0.3 is 10.2 Å². The Morgan fingerprint density at radius 1 is 1.03 bits per heavy atom. The van der Waals surface area contributed by atoms with Crippen molar-refractivity contribution in [1.82, 2.24) is 10.2 Å². The van der Waals surface area contributed by atoms with Crippen LogP contribution in [0.2, 0.25) is 10.0 Å². The van der Waals surface area contributed by atoms with E-state index in [4.69, 9.17) is 23.2 Å². The van der Waals surface area contributed by atoms with E-state index in [0.29, 0.717) is 27.7 Å². The lowest BCUT2D eigenvalue weighted by Crippen LogP contribution is -2.52. The predicted molar refractivity (Wildman–Crippen MR) is 142 cm³/mol. The number of aryl methyl sites for hydroxylation is 1. The number of nitrogens with zero attached hydrogens (tertiary/aromatic N) is 2. The molecule has 1 N–H and O–H groups in total. The van der Waals surface area contributed by atoms with Crippen LogP contribution in [0, 0.1) is 0 Å². The van der Waals surface area contributed by atoms with Gasteiger partial charge in [-0.15, -0.1) is 0 Å². The van der Waals surface area contributed by atoms with Gasteiger partial charge in [0.2, 0.25) is 21.8 Å².